The van der Waals surface area contributed by atoms with Crippen molar-refractivity contribution in [1.82, 2.24) is 14.7 Å². The molecule has 0 saturated carbocycles. The van der Waals surface area contributed by atoms with Gasteiger partial charge in [0.2, 0.25) is 5.91 Å². The fourth-order valence-electron chi connectivity index (χ4n) is 3.87. The fourth-order valence-corrected chi connectivity index (χ4v) is 4.04. The molecule has 0 unspecified atom stereocenters. The number of ether oxygens (including phenoxy) is 3. The molecule has 168 valence electrons. The molecular weight excluding hydrogens is 430 g/mol. The Morgan fingerprint density at radius 3 is 2.69 bits per heavy atom. The van der Waals surface area contributed by atoms with Gasteiger partial charge in [0, 0.05) is 41.9 Å². The van der Waals surface area contributed by atoms with Crippen molar-refractivity contribution in [3.8, 4) is 28.4 Å². The molecule has 1 aliphatic rings. The van der Waals surface area contributed by atoms with Crippen LogP contribution in [0.3, 0.4) is 0 Å². The highest BCUT2D eigenvalue weighted by molar-refractivity contribution is 6.31. The van der Waals surface area contributed by atoms with Gasteiger partial charge in [-0.25, -0.2) is 0 Å². The summed E-state index contributed by atoms with van der Waals surface area (Å²) in [6.07, 6.45) is 2.26. The third-order valence-electron chi connectivity index (χ3n) is 5.47. The van der Waals surface area contributed by atoms with Crippen LogP contribution >= 0.6 is 11.6 Å². The summed E-state index contributed by atoms with van der Waals surface area (Å²) in [5.41, 5.74) is 3.54. The molecule has 2 heterocycles. The zero-order valence-corrected chi connectivity index (χ0v) is 19.2. The number of aromatic nitrogens is 2. The molecule has 8 heteroatoms. The number of carbonyl (C=O) groups excluding carboxylic acids is 1. The minimum atomic E-state index is 0.0549. The van der Waals surface area contributed by atoms with Crippen LogP contribution in [0.25, 0.3) is 11.1 Å². The van der Waals surface area contributed by atoms with E-state index in [2.05, 4.69) is 5.10 Å². The fraction of sp³-hybridized carbons (Fsp3) is 0.333. The van der Waals surface area contributed by atoms with Crippen LogP contribution in [-0.2, 0) is 17.9 Å². The SMILES string of the molecule is COc1ccc(Cl)cc1-c1cc2c(c(OC)c1)OCCN(C(=O)CCn1ccc(C)n1)C2. The summed E-state index contributed by atoms with van der Waals surface area (Å²) in [6.45, 7) is 3.81. The van der Waals surface area contributed by atoms with E-state index in [1.165, 1.54) is 0 Å². The van der Waals surface area contributed by atoms with Crippen molar-refractivity contribution in [3.63, 3.8) is 0 Å². The number of rotatable bonds is 6. The predicted molar refractivity (Wildman–Crippen MR) is 122 cm³/mol. The van der Waals surface area contributed by atoms with E-state index in [-0.39, 0.29) is 5.91 Å². The quantitative estimate of drug-likeness (QED) is 0.553. The van der Waals surface area contributed by atoms with Crippen molar-refractivity contribution >= 4 is 17.5 Å². The first-order valence-corrected chi connectivity index (χ1v) is 10.8. The highest BCUT2D eigenvalue weighted by Crippen LogP contribution is 2.41. The minimum Gasteiger partial charge on any atom is -0.496 e. The second-order valence-corrected chi connectivity index (χ2v) is 8.08. The van der Waals surface area contributed by atoms with Gasteiger partial charge in [-0.05, 0) is 48.9 Å². The number of methoxy groups -OCH3 is 2. The first-order chi connectivity index (χ1) is 15.5. The van der Waals surface area contributed by atoms with Crippen molar-refractivity contribution in [2.24, 2.45) is 0 Å². The predicted octanol–water partition coefficient (Wildman–Crippen LogP) is 4.34. The first-order valence-electron chi connectivity index (χ1n) is 10.4. The highest BCUT2D eigenvalue weighted by Gasteiger charge is 2.24. The third-order valence-corrected chi connectivity index (χ3v) is 5.71. The Hall–Kier alpha value is -3.19. The van der Waals surface area contributed by atoms with Crippen molar-refractivity contribution < 1.29 is 19.0 Å². The van der Waals surface area contributed by atoms with E-state index >= 15 is 0 Å². The molecule has 0 radical (unpaired) electrons. The van der Waals surface area contributed by atoms with E-state index in [1.54, 1.807) is 25.0 Å². The first kappa shape index (κ1) is 22.0. The van der Waals surface area contributed by atoms with Crippen molar-refractivity contribution in [2.45, 2.75) is 26.4 Å². The molecule has 4 rings (SSSR count). The summed E-state index contributed by atoms with van der Waals surface area (Å²) in [5, 5.41) is 4.96. The zero-order valence-electron chi connectivity index (χ0n) is 18.4. The molecule has 0 saturated heterocycles. The minimum absolute atomic E-state index is 0.0549. The van der Waals surface area contributed by atoms with Crippen LogP contribution in [0.4, 0.5) is 0 Å². The summed E-state index contributed by atoms with van der Waals surface area (Å²) >= 11 is 6.25. The summed E-state index contributed by atoms with van der Waals surface area (Å²) in [7, 11) is 3.23. The smallest absolute Gasteiger partial charge is 0.224 e. The second-order valence-electron chi connectivity index (χ2n) is 7.65. The number of nitrogens with zero attached hydrogens (tertiary/aromatic N) is 3. The molecular formula is C24H26ClN3O4. The number of benzene rings is 2. The molecule has 3 aromatic rings. The molecule has 7 nitrogen and oxygen atoms in total. The lowest BCUT2D eigenvalue weighted by molar-refractivity contribution is -0.132. The molecule has 0 bridgehead atoms. The van der Waals surface area contributed by atoms with Crippen LogP contribution in [0, 0.1) is 6.92 Å². The summed E-state index contributed by atoms with van der Waals surface area (Å²) in [6, 6.07) is 11.3. The number of fused-ring (bicyclic) bond motifs is 1. The van der Waals surface area contributed by atoms with Gasteiger partial charge in [0.05, 0.1) is 26.5 Å². The number of hydrogen-bond donors (Lipinski definition) is 0. The van der Waals surface area contributed by atoms with E-state index in [0.717, 1.165) is 22.4 Å². The molecule has 1 aromatic heterocycles. The van der Waals surface area contributed by atoms with E-state index in [4.69, 9.17) is 25.8 Å². The lowest BCUT2D eigenvalue weighted by Crippen LogP contribution is -2.33. The lowest BCUT2D eigenvalue weighted by Gasteiger charge is -2.20. The van der Waals surface area contributed by atoms with Gasteiger partial charge < -0.3 is 19.1 Å². The summed E-state index contributed by atoms with van der Waals surface area (Å²) < 4.78 is 18.9. The maximum atomic E-state index is 13.0. The molecule has 0 fully saturated rings. The molecule has 32 heavy (non-hydrogen) atoms. The Morgan fingerprint density at radius 2 is 1.97 bits per heavy atom. The average Bonchev–Trinajstić information content (AvgIpc) is 3.09. The topological polar surface area (TPSA) is 65.8 Å². The molecule has 1 aliphatic heterocycles. The van der Waals surface area contributed by atoms with Crippen LogP contribution in [0.2, 0.25) is 5.02 Å². The third kappa shape index (κ3) is 4.67. The summed E-state index contributed by atoms with van der Waals surface area (Å²) in [5.74, 6) is 2.03. The maximum Gasteiger partial charge on any atom is 0.224 e. The Kier molecular flexibility index (Phi) is 6.55. The largest absolute Gasteiger partial charge is 0.496 e. The van der Waals surface area contributed by atoms with Gasteiger partial charge in [-0.3, -0.25) is 9.48 Å². The van der Waals surface area contributed by atoms with Gasteiger partial charge in [0.25, 0.3) is 0 Å². The Bertz CT molecular complexity index is 1130. The van der Waals surface area contributed by atoms with Gasteiger partial charge in [-0.2, -0.15) is 5.10 Å². The van der Waals surface area contributed by atoms with Gasteiger partial charge in [0.1, 0.15) is 12.4 Å². The maximum absolute atomic E-state index is 13.0. The molecule has 0 atom stereocenters. The van der Waals surface area contributed by atoms with Crippen LogP contribution in [0.5, 0.6) is 17.2 Å². The lowest BCUT2D eigenvalue weighted by atomic mass is 10.00. The van der Waals surface area contributed by atoms with E-state index < -0.39 is 0 Å². The van der Waals surface area contributed by atoms with Crippen LogP contribution in [0.1, 0.15) is 17.7 Å². The van der Waals surface area contributed by atoms with Gasteiger partial charge >= 0.3 is 0 Å². The van der Waals surface area contributed by atoms with Gasteiger partial charge in [-0.1, -0.05) is 11.6 Å². The molecule has 0 N–H and O–H groups in total. The molecule has 0 spiro atoms. The van der Waals surface area contributed by atoms with E-state index in [9.17, 15) is 4.79 Å². The van der Waals surface area contributed by atoms with Crippen molar-refractivity contribution in [1.29, 1.82) is 0 Å². The van der Waals surface area contributed by atoms with Crippen LogP contribution < -0.4 is 14.2 Å². The number of hydrogen-bond acceptors (Lipinski definition) is 5. The van der Waals surface area contributed by atoms with Crippen LogP contribution in [0.15, 0.2) is 42.6 Å². The monoisotopic (exact) mass is 455 g/mol. The summed E-state index contributed by atoms with van der Waals surface area (Å²) in [4.78, 5) is 14.8. The Balaban J connectivity index is 1.62. The Labute approximate surface area is 192 Å². The van der Waals surface area contributed by atoms with Gasteiger partial charge in [-0.15, -0.1) is 0 Å². The standard InChI is InChI=1S/C24H26ClN3O4/c1-16-6-8-28(26-16)9-7-23(29)27-10-11-32-24-18(15-27)12-17(13-22(24)31-3)20-14-19(25)4-5-21(20)30-2/h4-6,8,12-14H,7,9-11,15H2,1-3H3. The highest BCUT2D eigenvalue weighted by atomic mass is 35.5. The number of aryl methyl sites for hydroxylation is 2. The van der Waals surface area contributed by atoms with Crippen LogP contribution in [-0.4, -0.2) is 48.0 Å². The van der Waals surface area contributed by atoms with E-state index in [1.807, 2.05) is 48.4 Å². The van der Waals surface area contributed by atoms with Crippen molar-refractivity contribution in [3.05, 3.63) is 58.9 Å². The normalized spacial score (nSPS) is 13.2. The second kappa shape index (κ2) is 9.53. The molecule has 1 amide bonds. The number of carbonyl (C=O) groups is 1. The van der Waals surface area contributed by atoms with Gasteiger partial charge in [0.15, 0.2) is 11.5 Å². The molecule has 0 aliphatic carbocycles. The number of halogens is 1. The molecule has 2 aromatic carbocycles. The Morgan fingerprint density at radius 1 is 1.16 bits per heavy atom. The van der Waals surface area contributed by atoms with E-state index in [0.29, 0.717) is 54.9 Å². The number of amides is 1. The zero-order chi connectivity index (χ0) is 22.7. The average molecular weight is 456 g/mol. The van der Waals surface area contributed by atoms with Crippen molar-refractivity contribution in [2.75, 3.05) is 27.4 Å².